The first-order valence-corrected chi connectivity index (χ1v) is 3.78. The van der Waals surface area contributed by atoms with Crippen molar-refractivity contribution >= 4 is 15.9 Å². The summed E-state index contributed by atoms with van der Waals surface area (Å²) in [5, 5.41) is 0. The summed E-state index contributed by atoms with van der Waals surface area (Å²) in [5.74, 6) is 0. The highest BCUT2D eigenvalue weighted by molar-refractivity contribution is 9.10. The molecule has 10 heavy (non-hydrogen) atoms. The van der Waals surface area contributed by atoms with Gasteiger partial charge in [0.25, 0.3) is 0 Å². The molecule has 53 valence electrons. The molecule has 0 nitrogen and oxygen atoms in total. The molecule has 0 amide bonds. The smallest absolute Gasteiger partial charge is 0.135 e. The van der Waals surface area contributed by atoms with Crippen LogP contribution in [-0.2, 0) is 6.42 Å². The molecule has 0 spiro atoms. The fraction of sp³-hybridized carbons (Fsp3) is 0.125. The molecule has 1 aromatic carbocycles. The van der Waals surface area contributed by atoms with Crippen molar-refractivity contribution in [3.05, 3.63) is 41.0 Å². The van der Waals surface area contributed by atoms with Crippen LogP contribution in [0.15, 0.2) is 28.7 Å². The first-order chi connectivity index (χ1) is 4.83. The fourth-order valence-corrected chi connectivity index (χ4v) is 0.974. The van der Waals surface area contributed by atoms with Crippen LogP contribution >= 0.6 is 15.9 Å². The van der Waals surface area contributed by atoms with Crippen LogP contribution in [-0.4, -0.2) is 0 Å². The average molecular weight is 202 g/mol. The third-order valence-corrected chi connectivity index (χ3v) is 1.75. The lowest BCUT2D eigenvalue weighted by Gasteiger charge is -1.94. The third-order valence-electron chi connectivity index (χ3n) is 1.23. The van der Waals surface area contributed by atoms with E-state index in [9.17, 15) is 4.39 Å². The molecule has 0 atom stereocenters. The Hall–Kier alpha value is -0.370. The third kappa shape index (κ3) is 2.10. The summed E-state index contributed by atoms with van der Waals surface area (Å²) < 4.78 is 12.7. The Labute approximate surface area is 68.2 Å². The Kier molecular flexibility index (Phi) is 2.87. The summed E-state index contributed by atoms with van der Waals surface area (Å²) in [7, 11) is 0. The van der Waals surface area contributed by atoms with Gasteiger partial charge in [-0.25, -0.2) is 4.39 Å². The second-order valence-corrected chi connectivity index (χ2v) is 2.90. The molecular weight excluding hydrogens is 195 g/mol. The minimum Gasteiger partial charge on any atom is -0.244 e. The van der Waals surface area contributed by atoms with E-state index in [0.717, 1.165) is 10.0 Å². The minimum absolute atomic E-state index is 0.396. The quantitative estimate of drug-likeness (QED) is 0.691. The van der Waals surface area contributed by atoms with E-state index in [1.807, 2.05) is 24.3 Å². The van der Waals surface area contributed by atoms with Gasteiger partial charge in [0.2, 0.25) is 0 Å². The molecular formula is C8H7BrF. The molecule has 0 aliphatic rings. The molecule has 0 aliphatic heterocycles. The van der Waals surface area contributed by atoms with Gasteiger partial charge >= 0.3 is 0 Å². The highest BCUT2D eigenvalue weighted by atomic mass is 79.9. The maximum atomic E-state index is 11.6. The average Bonchev–Trinajstić information content (AvgIpc) is 1.95. The first-order valence-electron chi connectivity index (χ1n) is 2.99. The van der Waals surface area contributed by atoms with Crippen LogP contribution in [0.2, 0.25) is 0 Å². The van der Waals surface area contributed by atoms with Crippen molar-refractivity contribution in [2.75, 3.05) is 0 Å². The summed E-state index contributed by atoms with van der Waals surface area (Å²) in [6.45, 7) is 0.656. The zero-order valence-electron chi connectivity index (χ0n) is 5.35. The van der Waals surface area contributed by atoms with Crippen LogP contribution in [0.4, 0.5) is 4.39 Å². The van der Waals surface area contributed by atoms with Crippen LogP contribution in [0, 0.1) is 6.67 Å². The van der Waals surface area contributed by atoms with Gasteiger partial charge in [-0.3, -0.25) is 0 Å². The Bertz CT molecular complexity index is 193. The number of benzene rings is 1. The van der Waals surface area contributed by atoms with Crippen molar-refractivity contribution in [3.63, 3.8) is 0 Å². The SMILES string of the molecule is F[CH]Cc1ccc(Br)cc1. The Morgan fingerprint density at radius 1 is 1.30 bits per heavy atom. The predicted molar refractivity (Wildman–Crippen MR) is 43.3 cm³/mol. The maximum Gasteiger partial charge on any atom is 0.135 e. The predicted octanol–water partition coefficient (Wildman–Crippen LogP) is 3.12. The van der Waals surface area contributed by atoms with E-state index in [1.165, 1.54) is 0 Å². The van der Waals surface area contributed by atoms with Crippen LogP contribution in [0.1, 0.15) is 5.56 Å². The zero-order valence-corrected chi connectivity index (χ0v) is 6.94. The maximum absolute atomic E-state index is 11.6. The van der Waals surface area contributed by atoms with E-state index in [-0.39, 0.29) is 0 Å². The van der Waals surface area contributed by atoms with E-state index in [4.69, 9.17) is 0 Å². The largest absolute Gasteiger partial charge is 0.244 e. The normalized spacial score (nSPS) is 9.80. The second-order valence-electron chi connectivity index (χ2n) is 1.98. The molecule has 0 unspecified atom stereocenters. The van der Waals surface area contributed by atoms with Crippen molar-refractivity contribution in [1.82, 2.24) is 0 Å². The lowest BCUT2D eigenvalue weighted by Crippen LogP contribution is -1.80. The molecule has 0 aliphatic carbocycles. The van der Waals surface area contributed by atoms with E-state index in [0.29, 0.717) is 13.1 Å². The van der Waals surface area contributed by atoms with E-state index in [1.54, 1.807) is 0 Å². The lowest BCUT2D eigenvalue weighted by molar-refractivity contribution is 0.599. The molecule has 2 heteroatoms. The van der Waals surface area contributed by atoms with Gasteiger partial charge in [-0.1, -0.05) is 28.1 Å². The summed E-state index contributed by atoms with van der Waals surface area (Å²) in [6, 6.07) is 7.58. The number of hydrogen-bond acceptors (Lipinski definition) is 0. The highest BCUT2D eigenvalue weighted by Crippen LogP contribution is 2.11. The number of hydrogen-bond donors (Lipinski definition) is 0. The topological polar surface area (TPSA) is 0 Å². The van der Waals surface area contributed by atoms with Crippen LogP contribution in [0.5, 0.6) is 0 Å². The highest BCUT2D eigenvalue weighted by Gasteiger charge is 1.90. The second kappa shape index (κ2) is 3.71. The molecule has 0 N–H and O–H groups in total. The lowest BCUT2D eigenvalue weighted by atomic mass is 10.2. The molecule has 1 rings (SSSR count). The van der Waals surface area contributed by atoms with Gasteiger partial charge < -0.3 is 0 Å². The van der Waals surface area contributed by atoms with Gasteiger partial charge in [0, 0.05) is 10.9 Å². The van der Waals surface area contributed by atoms with Gasteiger partial charge in [-0.05, 0) is 17.7 Å². The zero-order chi connectivity index (χ0) is 7.40. The molecule has 0 heterocycles. The summed E-state index contributed by atoms with van der Waals surface area (Å²) in [5.41, 5.74) is 0.991. The van der Waals surface area contributed by atoms with Crippen molar-refractivity contribution in [2.45, 2.75) is 6.42 Å². The van der Waals surface area contributed by atoms with Crippen LogP contribution < -0.4 is 0 Å². The number of rotatable bonds is 2. The fourth-order valence-electron chi connectivity index (χ4n) is 0.710. The Balaban J connectivity index is 2.69. The van der Waals surface area contributed by atoms with Gasteiger partial charge in [-0.2, -0.15) is 0 Å². The van der Waals surface area contributed by atoms with E-state index < -0.39 is 0 Å². The standard InChI is InChI=1S/C8H7BrF/c9-8-3-1-7(2-4-8)5-6-10/h1-4,6H,5H2. The number of halogens is 2. The molecule has 0 bridgehead atoms. The van der Waals surface area contributed by atoms with E-state index in [2.05, 4.69) is 15.9 Å². The van der Waals surface area contributed by atoms with E-state index >= 15 is 0 Å². The molecule has 0 aromatic heterocycles. The van der Waals surface area contributed by atoms with Gasteiger partial charge in [0.05, 0.1) is 0 Å². The van der Waals surface area contributed by atoms with Crippen LogP contribution in [0.25, 0.3) is 0 Å². The molecule has 0 saturated heterocycles. The minimum atomic E-state index is 0.396. The molecule has 0 saturated carbocycles. The summed E-state index contributed by atoms with van der Waals surface area (Å²) in [4.78, 5) is 0. The Morgan fingerprint density at radius 2 is 1.90 bits per heavy atom. The summed E-state index contributed by atoms with van der Waals surface area (Å²) >= 11 is 3.29. The Morgan fingerprint density at radius 3 is 2.40 bits per heavy atom. The van der Waals surface area contributed by atoms with Crippen LogP contribution in [0.3, 0.4) is 0 Å². The first kappa shape index (κ1) is 7.73. The van der Waals surface area contributed by atoms with Crippen molar-refractivity contribution < 1.29 is 4.39 Å². The van der Waals surface area contributed by atoms with Crippen molar-refractivity contribution in [1.29, 1.82) is 0 Å². The van der Waals surface area contributed by atoms with Gasteiger partial charge in [0.15, 0.2) is 0 Å². The molecule has 1 aromatic rings. The van der Waals surface area contributed by atoms with Crippen molar-refractivity contribution in [3.8, 4) is 0 Å². The van der Waals surface area contributed by atoms with Crippen molar-refractivity contribution in [2.24, 2.45) is 0 Å². The molecule has 1 radical (unpaired) electrons. The molecule has 0 fully saturated rings. The summed E-state index contributed by atoms with van der Waals surface area (Å²) in [6.07, 6.45) is 0.396. The van der Waals surface area contributed by atoms with Gasteiger partial charge in [0.1, 0.15) is 6.67 Å². The monoisotopic (exact) mass is 201 g/mol. The van der Waals surface area contributed by atoms with Gasteiger partial charge in [-0.15, -0.1) is 0 Å².